The van der Waals surface area contributed by atoms with Gasteiger partial charge in [-0.3, -0.25) is 14.6 Å². The first-order valence-corrected chi connectivity index (χ1v) is 14.6. The first-order chi connectivity index (χ1) is 18.3. The summed E-state index contributed by atoms with van der Waals surface area (Å²) in [4.78, 5) is 21.7. The van der Waals surface area contributed by atoms with Crippen LogP contribution >= 0.6 is 0 Å². The van der Waals surface area contributed by atoms with Crippen molar-refractivity contribution in [2.24, 2.45) is 11.8 Å². The molecule has 5 nitrogen and oxygen atoms in total. The Hall–Kier alpha value is -2.63. The number of amides is 1. The number of H-pyrrole nitrogens is 1. The summed E-state index contributed by atoms with van der Waals surface area (Å²) in [6, 6.07) is 20.7. The van der Waals surface area contributed by atoms with Crippen LogP contribution in [0.1, 0.15) is 56.1 Å². The van der Waals surface area contributed by atoms with Gasteiger partial charge in [-0.05, 0) is 87.1 Å². The van der Waals surface area contributed by atoms with Crippen molar-refractivity contribution in [3.8, 4) is 0 Å². The lowest BCUT2D eigenvalue weighted by Gasteiger charge is -2.57. The third-order valence-electron chi connectivity index (χ3n) is 9.30. The van der Waals surface area contributed by atoms with E-state index in [2.05, 4.69) is 80.9 Å². The molecule has 37 heavy (non-hydrogen) atoms. The van der Waals surface area contributed by atoms with Gasteiger partial charge in [0.25, 0.3) is 0 Å². The highest BCUT2D eigenvalue weighted by Crippen LogP contribution is 2.43. The van der Waals surface area contributed by atoms with Crippen LogP contribution < -0.4 is 5.32 Å². The average Bonchev–Trinajstić information content (AvgIpc) is 3.34. The Morgan fingerprint density at radius 1 is 1.00 bits per heavy atom. The number of nitrogens with zero attached hydrogens (tertiary/aromatic N) is 2. The maximum atomic E-state index is 12.8. The molecule has 5 heteroatoms. The third kappa shape index (κ3) is 5.49. The molecule has 0 saturated carbocycles. The summed E-state index contributed by atoms with van der Waals surface area (Å²) in [5.74, 6) is 1.76. The Morgan fingerprint density at radius 2 is 1.81 bits per heavy atom. The van der Waals surface area contributed by atoms with Gasteiger partial charge in [0.15, 0.2) is 0 Å². The third-order valence-corrected chi connectivity index (χ3v) is 9.30. The molecule has 3 saturated heterocycles. The second-order valence-corrected chi connectivity index (χ2v) is 11.6. The molecular weight excluding hydrogens is 456 g/mol. The number of rotatable bonds is 9. The lowest BCUT2D eigenvalue weighted by Crippen LogP contribution is -2.64. The highest BCUT2D eigenvalue weighted by atomic mass is 16.1. The van der Waals surface area contributed by atoms with Crippen molar-refractivity contribution >= 4 is 16.8 Å². The van der Waals surface area contributed by atoms with Gasteiger partial charge in [0.05, 0.1) is 0 Å². The van der Waals surface area contributed by atoms with Crippen molar-refractivity contribution in [2.75, 3.05) is 26.2 Å². The first-order valence-electron chi connectivity index (χ1n) is 14.6. The Labute approximate surface area is 221 Å². The van der Waals surface area contributed by atoms with Crippen LogP contribution in [0.3, 0.4) is 0 Å². The van der Waals surface area contributed by atoms with Gasteiger partial charge in [-0.15, -0.1) is 0 Å². The normalized spacial score (nSPS) is 26.2. The van der Waals surface area contributed by atoms with Crippen LogP contribution in [0, 0.1) is 11.8 Å². The Balaban J connectivity index is 1.05. The van der Waals surface area contributed by atoms with Gasteiger partial charge >= 0.3 is 0 Å². The highest BCUT2D eigenvalue weighted by molar-refractivity contribution is 5.83. The van der Waals surface area contributed by atoms with E-state index in [1.165, 1.54) is 61.8 Å². The smallest absolute Gasteiger partial charge is 0.220 e. The number of aromatic nitrogens is 1. The summed E-state index contributed by atoms with van der Waals surface area (Å²) in [6.07, 6.45) is 11.1. The molecule has 2 aromatic carbocycles. The number of aromatic amines is 1. The van der Waals surface area contributed by atoms with Crippen molar-refractivity contribution in [2.45, 2.75) is 70.0 Å². The van der Waals surface area contributed by atoms with E-state index in [4.69, 9.17) is 0 Å². The van der Waals surface area contributed by atoms with E-state index < -0.39 is 0 Å². The number of benzene rings is 2. The lowest BCUT2D eigenvalue weighted by atomic mass is 9.69. The van der Waals surface area contributed by atoms with Gasteiger partial charge in [-0.25, -0.2) is 0 Å². The largest absolute Gasteiger partial charge is 0.361 e. The molecular formula is C32H42N4O. The van der Waals surface area contributed by atoms with Crippen LogP contribution in [0.2, 0.25) is 0 Å². The number of hydrogen-bond acceptors (Lipinski definition) is 3. The molecule has 196 valence electrons. The highest BCUT2D eigenvalue weighted by Gasteiger charge is 2.48. The predicted octanol–water partition coefficient (Wildman–Crippen LogP) is 5.37. The maximum absolute atomic E-state index is 12.8. The Bertz CT molecular complexity index is 1170. The van der Waals surface area contributed by atoms with E-state index in [1.807, 2.05) is 0 Å². The van der Waals surface area contributed by atoms with Gasteiger partial charge in [0.1, 0.15) is 0 Å². The molecule has 6 rings (SSSR count). The van der Waals surface area contributed by atoms with Gasteiger partial charge in [0, 0.05) is 55.2 Å². The zero-order valence-corrected chi connectivity index (χ0v) is 22.1. The topological polar surface area (TPSA) is 51.4 Å². The molecule has 4 atom stereocenters. The quantitative estimate of drug-likeness (QED) is 0.417. The lowest BCUT2D eigenvalue weighted by molar-refractivity contribution is -0.121. The summed E-state index contributed by atoms with van der Waals surface area (Å²) in [5.41, 5.74) is 3.86. The maximum Gasteiger partial charge on any atom is 0.220 e. The number of likely N-dealkylation sites (tertiary alicyclic amines) is 1. The summed E-state index contributed by atoms with van der Waals surface area (Å²) >= 11 is 0. The summed E-state index contributed by atoms with van der Waals surface area (Å²) in [5, 5.41) is 4.45. The zero-order chi connectivity index (χ0) is 25.0. The number of para-hydroxylation sites is 1. The van der Waals surface area contributed by atoms with Gasteiger partial charge in [0.2, 0.25) is 5.91 Å². The number of nitrogens with one attached hydrogen (secondary N) is 2. The molecule has 0 unspecified atom stereocenters. The van der Waals surface area contributed by atoms with Crippen LogP contribution in [0.5, 0.6) is 0 Å². The van der Waals surface area contributed by atoms with Crippen LogP contribution in [0.4, 0.5) is 0 Å². The van der Waals surface area contributed by atoms with Crippen LogP contribution in [0.15, 0.2) is 60.8 Å². The molecule has 0 radical (unpaired) electrons. The number of piperidine rings is 3. The van der Waals surface area contributed by atoms with E-state index >= 15 is 0 Å². The van der Waals surface area contributed by atoms with E-state index in [9.17, 15) is 4.79 Å². The van der Waals surface area contributed by atoms with Crippen molar-refractivity contribution in [3.63, 3.8) is 0 Å². The minimum absolute atomic E-state index is 0.200. The van der Waals surface area contributed by atoms with Crippen molar-refractivity contribution < 1.29 is 4.79 Å². The standard InChI is InChI=1S/C32H42N4O/c37-31(33-18-17-25-21-34-29-14-5-4-12-27(25)29)16-6-15-30-28-13-8-20-35-19-7-11-26(32(28)35)23-36(30)22-24-9-2-1-3-10-24/h1-5,9-10,12,14,21,26,28,30,32,34H,6-8,11,13,15-20,22-23H2,(H,33,37)/t26-,28+,30+,32-/m0/s1. The van der Waals surface area contributed by atoms with E-state index in [1.54, 1.807) is 0 Å². The van der Waals surface area contributed by atoms with Crippen molar-refractivity contribution in [3.05, 3.63) is 71.9 Å². The molecule has 0 bridgehead atoms. The number of fused-ring (bicyclic) bond motifs is 1. The molecule has 3 aliphatic heterocycles. The molecule has 3 aliphatic rings. The average molecular weight is 499 g/mol. The monoisotopic (exact) mass is 498 g/mol. The van der Waals surface area contributed by atoms with Gasteiger partial charge in [-0.1, -0.05) is 48.5 Å². The minimum atomic E-state index is 0.200. The molecule has 0 aliphatic carbocycles. The predicted molar refractivity (Wildman–Crippen MR) is 150 cm³/mol. The summed E-state index contributed by atoms with van der Waals surface area (Å²) in [7, 11) is 0. The molecule has 3 fully saturated rings. The molecule has 1 amide bonds. The van der Waals surface area contributed by atoms with Crippen LogP contribution in [0.25, 0.3) is 10.9 Å². The summed E-state index contributed by atoms with van der Waals surface area (Å²) < 4.78 is 0. The molecule has 4 heterocycles. The van der Waals surface area contributed by atoms with Gasteiger partial charge in [-0.2, -0.15) is 0 Å². The molecule has 0 spiro atoms. The van der Waals surface area contributed by atoms with Crippen molar-refractivity contribution in [1.29, 1.82) is 0 Å². The molecule has 1 aromatic heterocycles. The van der Waals surface area contributed by atoms with Crippen LogP contribution in [-0.2, 0) is 17.8 Å². The number of carbonyl (C=O) groups excluding carboxylic acids is 1. The fraction of sp³-hybridized carbons (Fsp3) is 0.531. The Kier molecular flexibility index (Phi) is 7.61. The van der Waals surface area contributed by atoms with Crippen molar-refractivity contribution in [1.82, 2.24) is 20.1 Å². The van der Waals surface area contributed by atoms with E-state index in [0.29, 0.717) is 19.0 Å². The first kappa shape index (κ1) is 24.7. The minimum Gasteiger partial charge on any atom is -0.361 e. The molecule has 3 aromatic rings. The fourth-order valence-corrected chi connectivity index (χ4v) is 7.71. The molecule has 2 N–H and O–H groups in total. The zero-order valence-electron chi connectivity index (χ0n) is 22.1. The second kappa shape index (κ2) is 11.4. The van der Waals surface area contributed by atoms with Gasteiger partial charge < -0.3 is 10.3 Å². The number of carbonyl (C=O) groups is 1. The number of hydrogen-bond donors (Lipinski definition) is 2. The fourth-order valence-electron chi connectivity index (χ4n) is 7.71. The summed E-state index contributed by atoms with van der Waals surface area (Å²) in [6.45, 7) is 5.55. The van der Waals surface area contributed by atoms with E-state index in [-0.39, 0.29) is 5.91 Å². The Morgan fingerprint density at radius 3 is 2.70 bits per heavy atom. The SMILES string of the molecule is O=C(CCC[C@@H]1[C@H]2CCCN3CCC[C@@H](CN1Cc1ccccc1)[C@@H]23)NCCc1c[nH]c2ccccc12. The van der Waals surface area contributed by atoms with E-state index in [0.717, 1.165) is 49.2 Å². The van der Waals surface area contributed by atoms with Crippen LogP contribution in [-0.4, -0.2) is 59.0 Å². The second-order valence-electron chi connectivity index (χ2n) is 11.6.